The lowest BCUT2D eigenvalue weighted by atomic mass is 10.2. The minimum atomic E-state index is -0.00715. The third kappa shape index (κ3) is 3.58. The molecule has 0 bridgehead atoms. The third-order valence-electron chi connectivity index (χ3n) is 2.44. The van der Waals surface area contributed by atoms with E-state index in [0.29, 0.717) is 0 Å². The van der Waals surface area contributed by atoms with E-state index in [4.69, 9.17) is 5.73 Å². The molecule has 2 aromatic rings. The maximum absolute atomic E-state index is 5.82. The number of hydrogen-bond donors (Lipinski definition) is 1. The minimum absolute atomic E-state index is 0.00715. The molecule has 17 heavy (non-hydrogen) atoms. The van der Waals surface area contributed by atoms with E-state index in [1.54, 1.807) is 11.8 Å². The summed E-state index contributed by atoms with van der Waals surface area (Å²) >= 11 is 1.74. The van der Waals surface area contributed by atoms with E-state index in [-0.39, 0.29) is 6.04 Å². The van der Waals surface area contributed by atoms with E-state index in [1.165, 1.54) is 5.56 Å². The van der Waals surface area contributed by atoms with Crippen molar-refractivity contribution in [3.05, 3.63) is 59.8 Å². The Kier molecular flexibility index (Phi) is 4.18. The first-order valence-corrected chi connectivity index (χ1v) is 6.63. The number of nitrogens with zero attached hydrogens (tertiary/aromatic N) is 1. The van der Waals surface area contributed by atoms with Crippen molar-refractivity contribution in [2.24, 2.45) is 5.73 Å². The lowest BCUT2D eigenvalue weighted by Gasteiger charge is -2.06. The normalized spacial score (nSPS) is 12.4. The van der Waals surface area contributed by atoms with Gasteiger partial charge in [0.1, 0.15) is 0 Å². The van der Waals surface area contributed by atoms with Crippen molar-refractivity contribution in [2.75, 3.05) is 0 Å². The third-order valence-corrected chi connectivity index (χ3v) is 3.44. The molecule has 1 aromatic heterocycles. The maximum Gasteiger partial charge on any atom is 0.0967 e. The molecule has 0 aliphatic carbocycles. The number of pyridine rings is 1. The van der Waals surface area contributed by atoms with Gasteiger partial charge < -0.3 is 5.73 Å². The van der Waals surface area contributed by atoms with Crippen molar-refractivity contribution in [3.63, 3.8) is 0 Å². The second-order valence-electron chi connectivity index (χ2n) is 3.96. The van der Waals surface area contributed by atoms with Crippen LogP contribution in [-0.2, 0) is 5.75 Å². The molecular formula is C14H16N2S. The van der Waals surface area contributed by atoms with Crippen LogP contribution >= 0.6 is 11.8 Å². The molecule has 1 unspecified atom stereocenters. The molecular weight excluding hydrogens is 228 g/mol. The van der Waals surface area contributed by atoms with Crippen molar-refractivity contribution in [3.8, 4) is 0 Å². The molecule has 0 saturated carbocycles. The summed E-state index contributed by atoms with van der Waals surface area (Å²) in [5, 5.41) is 1.03. The number of thioether (sulfide) groups is 1. The van der Waals surface area contributed by atoms with Crippen LogP contribution in [0.5, 0.6) is 0 Å². The van der Waals surface area contributed by atoms with Gasteiger partial charge in [0.2, 0.25) is 0 Å². The monoisotopic (exact) mass is 244 g/mol. The van der Waals surface area contributed by atoms with Crippen molar-refractivity contribution in [1.82, 2.24) is 4.98 Å². The lowest BCUT2D eigenvalue weighted by Crippen LogP contribution is -2.07. The standard InChI is InChI=1S/C14H16N2S/c1-11(15)13-8-5-9-14(16-13)17-10-12-6-3-2-4-7-12/h2-9,11H,10,15H2,1H3. The van der Waals surface area contributed by atoms with Crippen LogP contribution in [0.2, 0.25) is 0 Å². The van der Waals surface area contributed by atoms with E-state index in [9.17, 15) is 0 Å². The highest BCUT2D eigenvalue weighted by atomic mass is 32.2. The van der Waals surface area contributed by atoms with Crippen molar-refractivity contribution in [2.45, 2.75) is 23.7 Å². The zero-order valence-electron chi connectivity index (χ0n) is 9.84. The Morgan fingerprint density at radius 3 is 2.59 bits per heavy atom. The van der Waals surface area contributed by atoms with Crippen molar-refractivity contribution < 1.29 is 0 Å². The first kappa shape index (κ1) is 12.1. The fourth-order valence-corrected chi connectivity index (χ4v) is 2.35. The van der Waals surface area contributed by atoms with Crippen LogP contribution in [0, 0.1) is 0 Å². The first-order valence-electron chi connectivity index (χ1n) is 5.65. The Morgan fingerprint density at radius 2 is 1.88 bits per heavy atom. The van der Waals surface area contributed by atoms with Crippen LogP contribution in [0.4, 0.5) is 0 Å². The molecule has 0 spiro atoms. The molecule has 0 aliphatic rings. The molecule has 2 N–H and O–H groups in total. The summed E-state index contributed by atoms with van der Waals surface area (Å²) in [6.45, 7) is 1.95. The predicted molar refractivity (Wildman–Crippen MR) is 72.8 cm³/mol. The molecule has 0 radical (unpaired) electrons. The van der Waals surface area contributed by atoms with Gasteiger partial charge in [-0.25, -0.2) is 4.98 Å². The fourth-order valence-electron chi connectivity index (χ4n) is 1.50. The Balaban J connectivity index is 2.02. The Bertz CT molecular complexity index is 469. The van der Waals surface area contributed by atoms with Gasteiger partial charge in [-0.1, -0.05) is 36.4 Å². The molecule has 1 aromatic carbocycles. The SMILES string of the molecule is CC(N)c1cccc(SCc2ccccc2)n1. The predicted octanol–water partition coefficient (Wildman–Crippen LogP) is 3.39. The van der Waals surface area contributed by atoms with Crippen molar-refractivity contribution in [1.29, 1.82) is 0 Å². The van der Waals surface area contributed by atoms with Gasteiger partial charge in [0.15, 0.2) is 0 Å². The number of benzene rings is 1. The summed E-state index contributed by atoms with van der Waals surface area (Å²) in [5.41, 5.74) is 8.08. The Morgan fingerprint density at radius 1 is 1.12 bits per heavy atom. The van der Waals surface area contributed by atoms with E-state index < -0.39 is 0 Å². The topological polar surface area (TPSA) is 38.9 Å². The van der Waals surface area contributed by atoms with Crippen LogP contribution < -0.4 is 5.73 Å². The molecule has 2 rings (SSSR count). The second-order valence-corrected chi connectivity index (χ2v) is 4.96. The molecule has 3 heteroatoms. The summed E-state index contributed by atoms with van der Waals surface area (Å²) in [7, 11) is 0. The smallest absolute Gasteiger partial charge is 0.0967 e. The summed E-state index contributed by atoms with van der Waals surface area (Å²) < 4.78 is 0. The first-order chi connectivity index (χ1) is 8.25. The molecule has 0 saturated heterocycles. The van der Waals surface area contributed by atoms with Crippen molar-refractivity contribution >= 4 is 11.8 Å². The van der Waals surface area contributed by atoms with E-state index in [2.05, 4.69) is 29.2 Å². The number of hydrogen-bond acceptors (Lipinski definition) is 3. The largest absolute Gasteiger partial charge is 0.323 e. The van der Waals surface area contributed by atoms with Crippen LogP contribution in [0.25, 0.3) is 0 Å². The molecule has 2 nitrogen and oxygen atoms in total. The van der Waals surface area contributed by atoms with E-state index in [0.717, 1.165) is 16.5 Å². The lowest BCUT2D eigenvalue weighted by molar-refractivity contribution is 0.766. The van der Waals surface area contributed by atoms with Crippen LogP contribution in [0.3, 0.4) is 0 Å². The Labute approximate surface area is 106 Å². The van der Waals surface area contributed by atoms with Gasteiger partial charge in [-0.3, -0.25) is 0 Å². The van der Waals surface area contributed by atoms with E-state index in [1.807, 2.05) is 31.2 Å². The van der Waals surface area contributed by atoms with Crippen LogP contribution in [0.15, 0.2) is 53.6 Å². The molecule has 0 aliphatic heterocycles. The minimum Gasteiger partial charge on any atom is -0.323 e. The highest BCUT2D eigenvalue weighted by Gasteiger charge is 2.02. The van der Waals surface area contributed by atoms with Crippen LogP contribution in [-0.4, -0.2) is 4.98 Å². The Hall–Kier alpha value is -1.32. The quantitative estimate of drug-likeness (QED) is 0.838. The second kappa shape index (κ2) is 5.84. The highest BCUT2D eigenvalue weighted by molar-refractivity contribution is 7.98. The van der Waals surface area contributed by atoms with Gasteiger partial charge in [-0.15, -0.1) is 11.8 Å². The van der Waals surface area contributed by atoms with Gasteiger partial charge in [0.25, 0.3) is 0 Å². The number of nitrogens with two attached hydrogens (primary N) is 1. The molecule has 0 amide bonds. The van der Waals surface area contributed by atoms with Crippen LogP contribution in [0.1, 0.15) is 24.2 Å². The molecule has 1 heterocycles. The van der Waals surface area contributed by atoms with E-state index >= 15 is 0 Å². The summed E-state index contributed by atoms with van der Waals surface area (Å²) in [6.07, 6.45) is 0. The molecule has 88 valence electrons. The van der Waals surface area contributed by atoms with Gasteiger partial charge >= 0.3 is 0 Å². The number of rotatable bonds is 4. The average molecular weight is 244 g/mol. The van der Waals surface area contributed by atoms with Gasteiger partial charge in [-0.05, 0) is 24.6 Å². The maximum atomic E-state index is 5.82. The summed E-state index contributed by atoms with van der Waals surface area (Å²) in [5.74, 6) is 0.941. The van der Waals surface area contributed by atoms with Gasteiger partial charge in [0.05, 0.1) is 10.7 Å². The molecule has 0 fully saturated rings. The fraction of sp³-hybridized carbons (Fsp3) is 0.214. The van der Waals surface area contributed by atoms with Gasteiger partial charge in [0, 0.05) is 11.8 Å². The zero-order chi connectivity index (χ0) is 12.1. The molecule has 1 atom stereocenters. The highest BCUT2D eigenvalue weighted by Crippen LogP contribution is 2.21. The summed E-state index contributed by atoms with van der Waals surface area (Å²) in [6, 6.07) is 16.4. The average Bonchev–Trinajstić information content (AvgIpc) is 2.38. The van der Waals surface area contributed by atoms with Gasteiger partial charge in [-0.2, -0.15) is 0 Å². The number of aromatic nitrogens is 1. The zero-order valence-corrected chi connectivity index (χ0v) is 10.7. The summed E-state index contributed by atoms with van der Waals surface area (Å²) in [4.78, 5) is 4.53.